The lowest BCUT2D eigenvalue weighted by Crippen LogP contribution is -2.32. The normalized spacial score (nSPS) is 20.2. The van der Waals surface area contributed by atoms with Crippen LogP contribution in [0.25, 0.3) is 0 Å². The van der Waals surface area contributed by atoms with Crippen molar-refractivity contribution >= 4 is 17.7 Å². The van der Waals surface area contributed by atoms with Crippen molar-refractivity contribution in [3.05, 3.63) is 29.8 Å². The summed E-state index contributed by atoms with van der Waals surface area (Å²) in [6, 6.07) is 7.67. The number of ether oxygens (including phenoxy) is 1. The second-order valence-electron chi connectivity index (χ2n) is 2.77. The Morgan fingerprint density at radius 1 is 1.54 bits per heavy atom. The molecular formula is C9H9NO2S. The van der Waals surface area contributed by atoms with E-state index in [0.29, 0.717) is 0 Å². The van der Waals surface area contributed by atoms with E-state index in [1.54, 1.807) is 0 Å². The molecule has 2 N–H and O–H groups in total. The number of carbonyl (C=O) groups is 1. The van der Waals surface area contributed by atoms with Crippen molar-refractivity contribution in [1.82, 2.24) is 0 Å². The number of fused-ring (bicyclic) bond motifs is 1. The lowest BCUT2D eigenvalue weighted by Gasteiger charge is -2.22. The summed E-state index contributed by atoms with van der Waals surface area (Å²) in [6.45, 7) is 0. The van der Waals surface area contributed by atoms with Gasteiger partial charge in [-0.2, -0.15) is 0 Å². The molecule has 1 amide bonds. The maximum absolute atomic E-state index is 10.8. The summed E-state index contributed by atoms with van der Waals surface area (Å²) in [5.41, 5.74) is 5.72. The Morgan fingerprint density at radius 2 is 2.31 bits per heavy atom. The van der Waals surface area contributed by atoms with Gasteiger partial charge in [0.05, 0.1) is 0 Å². The Morgan fingerprint density at radius 3 is 3.08 bits per heavy atom. The van der Waals surface area contributed by atoms with Gasteiger partial charge < -0.3 is 10.5 Å². The van der Waals surface area contributed by atoms with Crippen molar-refractivity contribution in [3.63, 3.8) is 0 Å². The first kappa shape index (κ1) is 8.44. The number of para-hydroxylation sites is 1. The van der Waals surface area contributed by atoms with Crippen LogP contribution in [0.3, 0.4) is 0 Å². The lowest BCUT2D eigenvalue weighted by atomic mass is 10.2. The Kier molecular flexibility index (Phi) is 2.14. The highest BCUT2D eigenvalue weighted by Crippen LogP contribution is 2.32. The fraction of sp³-hybridized carbons (Fsp3) is 0.222. The van der Waals surface area contributed by atoms with Crippen molar-refractivity contribution < 1.29 is 9.53 Å². The monoisotopic (exact) mass is 195 g/mol. The van der Waals surface area contributed by atoms with Gasteiger partial charge in [-0.1, -0.05) is 18.2 Å². The highest BCUT2D eigenvalue weighted by atomic mass is 32.2. The Bertz CT molecular complexity index is 340. The molecule has 0 saturated carbocycles. The topological polar surface area (TPSA) is 52.3 Å². The molecule has 1 aromatic carbocycles. The van der Waals surface area contributed by atoms with Crippen LogP contribution in [-0.2, 0) is 10.5 Å². The average Bonchev–Trinajstić information content (AvgIpc) is 2.17. The minimum absolute atomic E-state index is 0.417. The van der Waals surface area contributed by atoms with Crippen molar-refractivity contribution in [2.75, 3.05) is 0 Å². The van der Waals surface area contributed by atoms with Crippen molar-refractivity contribution in [2.45, 2.75) is 11.2 Å². The number of thioether (sulfide) groups is 1. The second-order valence-corrected chi connectivity index (χ2v) is 3.82. The molecule has 0 aliphatic carbocycles. The van der Waals surface area contributed by atoms with Gasteiger partial charge in [0.1, 0.15) is 5.75 Å². The largest absolute Gasteiger partial charge is 0.469 e. The molecule has 0 spiro atoms. The number of nitrogens with two attached hydrogens (primary N) is 1. The Balaban J connectivity index is 2.24. The summed E-state index contributed by atoms with van der Waals surface area (Å²) in [7, 11) is 0. The second kappa shape index (κ2) is 3.30. The number of hydrogen-bond acceptors (Lipinski definition) is 3. The molecule has 0 bridgehead atoms. The molecular weight excluding hydrogens is 186 g/mol. The highest BCUT2D eigenvalue weighted by molar-refractivity contribution is 7.99. The van der Waals surface area contributed by atoms with E-state index in [0.717, 1.165) is 17.1 Å². The smallest absolute Gasteiger partial charge is 0.269 e. The van der Waals surface area contributed by atoms with Crippen molar-refractivity contribution in [2.24, 2.45) is 5.73 Å². The van der Waals surface area contributed by atoms with Gasteiger partial charge in [0.25, 0.3) is 5.91 Å². The summed E-state index contributed by atoms with van der Waals surface area (Å²) in [5.74, 6) is 1.13. The van der Waals surface area contributed by atoms with Crippen molar-refractivity contribution in [1.29, 1.82) is 0 Å². The highest BCUT2D eigenvalue weighted by Gasteiger charge is 2.23. The maximum atomic E-state index is 10.8. The number of rotatable bonds is 1. The van der Waals surface area contributed by atoms with E-state index in [-0.39, 0.29) is 0 Å². The number of hydrogen-bond donors (Lipinski definition) is 1. The van der Waals surface area contributed by atoms with Gasteiger partial charge in [0, 0.05) is 11.3 Å². The summed E-state index contributed by atoms with van der Waals surface area (Å²) in [4.78, 5) is 10.8. The molecule has 1 unspecified atom stereocenters. The molecule has 1 aliphatic heterocycles. The molecule has 0 aromatic heterocycles. The molecule has 1 aliphatic rings. The van der Waals surface area contributed by atoms with Crippen LogP contribution >= 0.6 is 11.8 Å². The van der Waals surface area contributed by atoms with Gasteiger partial charge in [-0.25, -0.2) is 0 Å². The number of carbonyl (C=O) groups excluding carboxylic acids is 1. The molecule has 1 heterocycles. The lowest BCUT2D eigenvalue weighted by molar-refractivity contribution is -0.121. The molecule has 3 nitrogen and oxygen atoms in total. The third kappa shape index (κ3) is 1.62. The van der Waals surface area contributed by atoms with Crippen LogP contribution in [0, 0.1) is 0 Å². The molecule has 0 radical (unpaired) electrons. The molecule has 4 heteroatoms. The first-order valence-corrected chi connectivity index (χ1v) is 4.98. The van der Waals surface area contributed by atoms with E-state index in [2.05, 4.69) is 0 Å². The van der Waals surface area contributed by atoms with Gasteiger partial charge in [-0.15, -0.1) is 11.8 Å². The zero-order chi connectivity index (χ0) is 9.26. The van der Waals surface area contributed by atoms with Crippen LogP contribution in [0.2, 0.25) is 0 Å². The van der Waals surface area contributed by atoms with Gasteiger partial charge >= 0.3 is 0 Å². The molecule has 13 heavy (non-hydrogen) atoms. The first-order valence-electron chi connectivity index (χ1n) is 3.93. The average molecular weight is 195 g/mol. The van der Waals surface area contributed by atoms with Crippen LogP contribution in [0.1, 0.15) is 5.56 Å². The maximum Gasteiger partial charge on any atom is 0.269 e. The summed E-state index contributed by atoms with van der Waals surface area (Å²) >= 11 is 1.42. The summed E-state index contributed by atoms with van der Waals surface area (Å²) in [5, 5.41) is 0. The number of benzene rings is 1. The third-order valence-corrected chi connectivity index (χ3v) is 2.94. The number of amides is 1. The van der Waals surface area contributed by atoms with E-state index in [9.17, 15) is 4.79 Å². The SMILES string of the molecule is NC(=O)C1Oc2ccccc2CS1. The minimum Gasteiger partial charge on any atom is -0.469 e. The molecule has 1 aromatic rings. The Labute approximate surface area is 80.3 Å². The fourth-order valence-electron chi connectivity index (χ4n) is 1.19. The van der Waals surface area contributed by atoms with Gasteiger partial charge in [-0.3, -0.25) is 4.79 Å². The van der Waals surface area contributed by atoms with Crippen LogP contribution in [-0.4, -0.2) is 11.3 Å². The van der Waals surface area contributed by atoms with Crippen LogP contribution in [0.5, 0.6) is 5.75 Å². The zero-order valence-corrected chi connectivity index (χ0v) is 7.71. The van der Waals surface area contributed by atoms with Crippen LogP contribution in [0.15, 0.2) is 24.3 Å². The molecule has 68 valence electrons. The van der Waals surface area contributed by atoms with E-state index in [1.165, 1.54) is 11.8 Å². The van der Waals surface area contributed by atoms with E-state index in [1.807, 2.05) is 24.3 Å². The molecule has 2 rings (SSSR count). The van der Waals surface area contributed by atoms with Crippen LogP contribution in [0.4, 0.5) is 0 Å². The first-order chi connectivity index (χ1) is 6.27. The standard InChI is InChI=1S/C9H9NO2S/c10-8(11)9-12-7-4-2-1-3-6(7)5-13-9/h1-4,9H,5H2,(H2,10,11). The quantitative estimate of drug-likeness (QED) is 0.730. The summed E-state index contributed by atoms with van der Waals surface area (Å²) in [6.07, 6.45) is 0. The molecule has 1 atom stereocenters. The fourth-order valence-corrected chi connectivity index (χ4v) is 2.10. The predicted molar refractivity (Wildman–Crippen MR) is 51.3 cm³/mol. The molecule has 0 fully saturated rings. The van der Waals surface area contributed by atoms with E-state index in [4.69, 9.17) is 10.5 Å². The van der Waals surface area contributed by atoms with Gasteiger partial charge in [-0.05, 0) is 6.07 Å². The Hall–Kier alpha value is -1.16. The van der Waals surface area contributed by atoms with E-state index >= 15 is 0 Å². The zero-order valence-electron chi connectivity index (χ0n) is 6.90. The molecule has 0 saturated heterocycles. The van der Waals surface area contributed by atoms with Crippen molar-refractivity contribution in [3.8, 4) is 5.75 Å². The minimum atomic E-state index is -0.533. The summed E-state index contributed by atoms with van der Waals surface area (Å²) < 4.78 is 5.38. The van der Waals surface area contributed by atoms with Gasteiger partial charge in [0.2, 0.25) is 5.44 Å². The predicted octanol–water partition coefficient (Wildman–Crippen LogP) is 1.12. The van der Waals surface area contributed by atoms with Gasteiger partial charge in [0.15, 0.2) is 0 Å². The van der Waals surface area contributed by atoms with E-state index < -0.39 is 11.3 Å². The number of primary amides is 1. The van der Waals surface area contributed by atoms with Crippen LogP contribution < -0.4 is 10.5 Å². The third-order valence-electron chi connectivity index (χ3n) is 1.83.